The van der Waals surface area contributed by atoms with E-state index in [1.165, 1.54) is 96.3 Å². The third-order valence-electron chi connectivity index (χ3n) is 7.63. The smallest absolute Gasteiger partial charge is 0.157 e. The summed E-state index contributed by atoms with van der Waals surface area (Å²) in [4.78, 5) is 0. The van der Waals surface area contributed by atoms with Crippen LogP contribution >= 0.6 is 0 Å². The summed E-state index contributed by atoms with van der Waals surface area (Å²) >= 11 is 0. The minimum atomic E-state index is -0.266. The lowest BCUT2D eigenvalue weighted by molar-refractivity contribution is -0.195. The van der Waals surface area contributed by atoms with Crippen molar-refractivity contribution < 1.29 is 14.6 Å². The van der Waals surface area contributed by atoms with E-state index in [0.717, 1.165) is 45.1 Å². The van der Waals surface area contributed by atoms with Gasteiger partial charge < -0.3 is 14.6 Å². The molecule has 0 radical (unpaired) electrons. The molecule has 1 rings (SSSR count). The predicted molar refractivity (Wildman–Crippen MR) is 156 cm³/mol. The van der Waals surface area contributed by atoms with Crippen LogP contribution in [0.1, 0.15) is 156 Å². The van der Waals surface area contributed by atoms with Crippen molar-refractivity contribution in [2.45, 2.75) is 174 Å². The summed E-state index contributed by atoms with van der Waals surface area (Å²) in [5.41, 5.74) is 0. The van der Waals surface area contributed by atoms with E-state index < -0.39 is 0 Å². The fraction of sp³-hybridized carbons (Fsp3) is 0.879. The van der Waals surface area contributed by atoms with Gasteiger partial charge in [0.2, 0.25) is 0 Å². The van der Waals surface area contributed by atoms with Crippen molar-refractivity contribution in [1.82, 2.24) is 0 Å². The van der Waals surface area contributed by atoms with E-state index in [2.05, 4.69) is 45.1 Å². The van der Waals surface area contributed by atoms with E-state index >= 15 is 0 Å². The molecule has 0 amide bonds. The second-order valence-electron chi connectivity index (χ2n) is 11.2. The molecule has 1 heterocycles. The van der Waals surface area contributed by atoms with Gasteiger partial charge in [-0.25, -0.2) is 0 Å². The molecule has 0 aromatic carbocycles. The van der Waals surface area contributed by atoms with E-state index in [4.69, 9.17) is 9.47 Å². The molecule has 0 aromatic heterocycles. The number of hydrogen-bond acceptors (Lipinski definition) is 3. The zero-order valence-corrected chi connectivity index (χ0v) is 24.4. The van der Waals surface area contributed by atoms with Gasteiger partial charge in [0.25, 0.3) is 0 Å². The van der Waals surface area contributed by atoms with E-state index in [9.17, 15) is 5.11 Å². The van der Waals surface area contributed by atoms with Crippen molar-refractivity contribution in [3.63, 3.8) is 0 Å². The van der Waals surface area contributed by atoms with Crippen LogP contribution in [0.25, 0.3) is 0 Å². The van der Waals surface area contributed by atoms with Crippen molar-refractivity contribution >= 4 is 0 Å². The Hall–Kier alpha value is -0.640. The third-order valence-corrected chi connectivity index (χ3v) is 7.63. The maximum absolute atomic E-state index is 10.9. The van der Waals surface area contributed by atoms with Gasteiger partial charge in [-0.3, -0.25) is 0 Å². The minimum Gasteiger partial charge on any atom is -0.393 e. The molecule has 0 bridgehead atoms. The monoisotopic (exact) mass is 506 g/mol. The highest BCUT2D eigenvalue weighted by atomic mass is 16.7. The lowest BCUT2D eigenvalue weighted by Gasteiger charge is -2.30. The van der Waals surface area contributed by atoms with Crippen LogP contribution in [0.2, 0.25) is 0 Å². The van der Waals surface area contributed by atoms with Gasteiger partial charge in [0.1, 0.15) is 0 Å². The van der Waals surface area contributed by atoms with Gasteiger partial charge >= 0.3 is 0 Å². The Bertz CT molecular complexity index is 509. The number of aliphatic hydroxyl groups is 1. The first-order valence-electron chi connectivity index (χ1n) is 15.9. The fourth-order valence-electron chi connectivity index (χ4n) is 5.05. The zero-order chi connectivity index (χ0) is 26.1. The maximum Gasteiger partial charge on any atom is 0.157 e. The Morgan fingerprint density at radius 2 is 1.39 bits per heavy atom. The van der Waals surface area contributed by atoms with Crippen LogP contribution in [0.4, 0.5) is 0 Å². The molecule has 1 aliphatic heterocycles. The first kappa shape index (κ1) is 33.4. The lowest BCUT2D eigenvalue weighted by atomic mass is 9.92. The van der Waals surface area contributed by atoms with Crippen LogP contribution in [-0.4, -0.2) is 30.2 Å². The Balaban J connectivity index is 2.20. The summed E-state index contributed by atoms with van der Waals surface area (Å²) in [6.45, 7) is 7.54. The Kier molecular flexibility index (Phi) is 22.9. The molecule has 1 fully saturated rings. The molecule has 1 saturated heterocycles. The first-order chi connectivity index (χ1) is 17.7. The number of ether oxygens (including phenoxy) is 2. The highest BCUT2D eigenvalue weighted by Gasteiger charge is 2.24. The standard InChI is InChI=1S/C33H62O3/c1-4-6-8-10-11-12-13-14-15-16-17-18-19-20-22-26-31(36-33-27-23-24-28-35-33)29-32(34)30(3)25-21-9-7-5-2/h11-12,14-15,30-34H,4-10,13,16-29H2,1-3H3/b12-11-,15-14-. The average molecular weight is 507 g/mol. The van der Waals surface area contributed by atoms with E-state index in [1.54, 1.807) is 0 Å². The summed E-state index contributed by atoms with van der Waals surface area (Å²) in [6, 6.07) is 0. The quantitative estimate of drug-likeness (QED) is 0.104. The van der Waals surface area contributed by atoms with Crippen LogP contribution in [0.3, 0.4) is 0 Å². The molecule has 3 nitrogen and oxygen atoms in total. The highest BCUT2D eigenvalue weighted by Crippen LogP contribution is 2.24. The number of rotatable bonds is 24. The number of hydrogen-bond donors (Lipinski definition) is 1. The van der Waals surface area contributed by atoms with Crippen molar-refractivity contribution in [3.05, 3.63) is 24.3 Å². The molecule has 1 aliphatic rings. The average Bonchev–Trinajstić information content (AvgIpc) is 2.89. The maximum atomic E-state index is 10.9. The van der Waals surface area contributed by atoms with Gasteiger partial charge in [0, 0.05) is 6.61 Å². The van der Waals surface area contributed by atoms with Crippen LogP contribution in [0, 0.1) is 5.92 Å². The van der Waals surface area contributed by atoms with Crippen LogP contribution in [0.5, 0.6) is 0 Å². The zero-order valence-electron chi connectivity index (χ0n) is 24.4. The summed E-state index contributed by atoms with van der Waals surface area (Å²) in [5, 5.41) is 10.9. The van der Waals surface area contributed by atoms with Crippen molar-refractivity contribution in [2.75, 3.05) is 6.61 Å². The molecule has 4 atom stereocenters. The van der Waals surface area contributed by atoms with Gasteiger partial charge in [-0.15, -0.1) is 0 Å². The second-order valence-corrected chi connectivity index (χ2v) is 11.2. The molecule has 0 aliphatic carbocycles. The van der Waals surface area contributed by atoms with Gasteiger partial charge in [-0.05, 0) is 76.5 Å². The molecule has 0 spiro atoms. The van der Waals surface area contributed by atoms with Gasteiger partial charge in [-0.1, -0.05) is 109 Å². The first-order valence-corrected chi connectivity index (χ1v) is 15.9. The van der Waals surface area contributed by atoms with Crippen LogP contribution < -0.4 is 0 Å². The molecular formula is C33H62O3. The van der Waals surface area contributed by atoms with E-state index in [0.29, 0.717) is 5.92 Å². The molecule has 1 N–H and O–H groups in total. The number of unbranched alkanes of at least 4 members (excludes halogenated alkanes) is 11. The van der Waals surface area contributed by atoms with Crippen molar-refractivity contribution in [1.29, 1.82) is 0 Å². The van der Waals surface area contributed by atoms with Crippen LogP contribution in [-0.2, 0) is 9.47 Å². The topological polar surface area (TPSA) is 38.7 Å². The summed E-state index contributed by atoms with van der Waals surface area (Å²) in [5.74, 6) is 0.352. The van der Waals surface area contributed by atoms with E-state index in [1.807, 2.05) is 0 Å². The van der Waals surface area contributed by atoms with Gasteiger partial charge in [0.15, 0.2) is 6.29 Å². The van der Waals surface area contributed by atoms with E-state index in [-0.39, 0.29) is 18.5 Å². The van der Waals surface area contributed by atoms with Crippen molar-refractivity contribution in [3.8, 4) is 0 Å². The van der Waals surface area contributed by atoms with Gasteiger partial charge in [0.05, 0.1) is 12.2 Å². The molecule has 0 aromatic rings. The SMILES string of the molecule is CCCCC/C=C\C/C=C\CCCCCCCC(CC(O)C(C)CCCCCC)OC1CCCCO1. The third kappa shape index (κ3) is 19.5. The minimum absolute atomic E-state index is 0.0613. The largest absolute Gasteiger partial charge is 0.393 e. The molecule has 212 valence electrons. The molecule has 3 heteroatoms. The summed E-state index contributed by atoms with van der Waals surface area (Å²) < 4.78 is 12.2. The normalized spacial score (nSPS) is 19.3. The van der Waals surface area contributed by atoms with Gasteiger partial charge in [-0.2, -0.15) is 0 Å². The predicted octanol–water partition coefficient (Wildman–Crippen LogP) is 10.1. The molecule has 0 saturated carbocycles. The second kappa shape index (κ2) is 24.7. The Morgan fingerprint density at radius 1 is 0.778 bits per heavy atom. The fourth-order valence-corrected chi connectivity index (χ4v) is 5.05. The molecule has 4 unspecified atom stereocenters. The summed E-state index contributed by atoms with van der Waals surface area (Å²) in [7, 11) is 0. The highest BCUT2D eigenvalue weighted by molar-refractivity contribution is 4.92. The Labute approximate surface area is 225 Å². The lowest BCUT2D eigenvalue weighted by Crippen LogP contribution is -2.32. The van der Waals surface area contributed by atoms with Crippen LogP contribution in [0.15, 0.2) is 24.3 Å². The number of aliphatic hydroxyl groups excluding tert-OH is 1. The summed E-state index contributed by atoms with van der Waals surface area (Å²) in [6.07, 6.45) is 34.3. The number of allylic oxidation sites excluding steroid dienone is 4. The molecular weight excluding hydrogens is 444 g/mol. The van der Waals surface area contributed by atoms with Crippen molar-refractivity contribution in [2.24, 2.45) is 5.92 Å². The Morgan fingerprint density at radius 3 is 2.08 bits per heavy atom. The molecule has 36 heavy (non-hydrogen) atoms.